The number of aromatic nitrogens is 1. The van der Waals surface area contributed by atoms with E-state index in [9.17, 15) is 0 Å². The van der Waals surface area contributed by atoms with Gasteiger partial charge in [0.2, 0.25) is 0 Å². The second-order valence-corrected chi connectivity index (χ2v) is 4.43. The summed E-state index contributed by atoms with van der Waals surface area (Å²) in [6.45, 7) is 3.42. The van der Waals surface area contributed by atoms with Crippen LogP contribution in [-0.2, 0) is 0 Å². The summed E-state index contributed by atoms with van der Waals surface area (Å²) in [6, 6.07) is 5.04. The van der Waals surface area contributed by atoms with Crippen molar-refractivity contribution in [3.63, 3.8) is 0 Å². The molecule has 1 N–H and O–H groups in total. The molecule has 0 unspecified atom stereocenters. The van der Waals surface area contributed by atoms with E-state index in [0.717, 1.165) is 11.9 Å². The molecule has 0 atom stereocenters. The number of hydrogen-bond donors (Lipinski definition) is 1. The molecule has 16 heavy (non-hydrogen) atoms. The minimum absolute atomic E-state index is 0.777. The molecule has 1 saturated carbocycles. The molecule has 88 valence electrons. The van der Waals surface area contributed by atoms with E-state index in [0.29, 0.717) is 0 Å². The first kappa shape index (κ1) is 11.2. The van der Waals surface area contributed by atoms with Crippen molar-refractivity contribution < 1.29 is 0 Å². The summed E-state index contributed by atoms with van der Waals surface area (Å²) >= 11 is 0. The van der Waals surface area contributed by atoms with Crippen molar-refractivity contribution >= 4 is 11.5 Å². The average molecular weight is 219 g/mol. The average Bonchev–Trinajstić information content (AvgIpc) is 3.14. The Labute approximate surface area is 97.9 Å². The normalized spacial score (nSPS) is 14.9. The predicted molar refractivity (Wildman–Crippen MR) is 69.1 cm³/mol. The first-order valence-corrected chi connectivity index (χ1v) is 6.25. The Morgan fingerprint density at radius 2 is 2.31 bits per heavy atom. The van der Waals surface area contributed by atoms with E-state index >= 15 is 0 Å². The van der Waals surface area contributed by atoms with Gasteiger partial charge >= 0.3 is 0 Å². The van der Waals surface area contributed by atoms with Gasteiger partial charge in [-0.1, -0.05) is 13.3 Å². The zero-order chi connectivity index (χ0) is 11.4. The van der Waals surface area contributed by atoms with Gasteiger partial charge in [0.25, 0.3) is 0 Å². The highest BCUT2D eigenvalue weighted by molar-refractivity contribution is 5.55. The number of nitrogens with zero attached hydrogens (tertiary/aromatic N) is 2. The molecule has 1 heterocycles. The lowest BCUT2D eigenvalue weighted by Crippen LogP contribution is -2.26. The van der Waals surface area contributed by atoms with Crippen LogP contribution < -0.4 is 10.2 Å². The highest BCUT2D eigenvalue weighted by Crippen LogP contribution is 2.32. The van der Waals surface area contributed by atoms with E-state index in [2.05, 4.69) is 34.3 Å². The quantitative estimate of drug-likeness (QED) is 0.797. The zero-order valence-corrected chi connectivity index (χ0v) is 10.2. The summed E-state index contributed by atoms with van der Waals surface area (Å²) in [5.74, 6) is 0.958. The third-order valence-corrected chi connectivity index (χ3v) is 3.07. The Hall–Kier alpha value is -1.25. The Bertz CT molecular complexity index is 334. The molecule has 0 spiro atoms. The summed E-state index contributed by atoms with van der Waals surface area (Å²) in [6.07, 6.45) is 7.12. The molecule has 0 amide bonds. The summed E-state index contributed by atoms with van der Waals surface area (Å²) in [7, 11) is 1.92. The SMILES string of the molecule is CCCCN(c1ccnc(NC)c1)C1CC1. The van der Waals surface area contributed by atoms with Gasteiger partial charge in [-0.3, -0.25) is 0 Å². The van der Waals surface area contributed by atoms with Crippen molar-refractivity contribution in [2.24, 2.45) is 0 Å². The topological polar surface area (TPSA) is 28.2 Å². The van der Waals surface area contributed by atoms with Crippen LogP contribution in [0.2, 0.25) is 0 Å². The van der Waals surface area contributed by atoms with Gasteiger partial charge in [0.05, 0.1) is 0 Å². The molecular weight excluding hydrogens is 198 g/mol. The molecule has 0 aliphatic heterocycles. The monoisotopic (exact) mass is 219 g/mol. The number of anilines is 2. The molecule has 1 aliphatic carbocycles. The third kappa shape index (κ3) is 2.65. The smallest absolute Gasteiger partial charge is 0.127 e. The van der Waals surface area contributed by atoms with Gasteiger partial charge in [0.1, 0.15) is 5.82 Å². The van der Waals surface area contributed by atoms with E-state index in [1.165, 1.54) is 37.9 Å². The van der Waals surface area contributed by atoms with Crippen LogP contribution in [-0.4, -0.2) is 24.6 Å². The van der Waals surface area contributed by atoms with Crippen LogP contribution in [0.4, 0.5) is 11.5 Å². The maximum atomic E-state index is 4.26. The maximum Gasteiger partial charge on any atom is 0.127 e. The van der Waals surface area contributed by atoms with Crippen LogP contribution in [0.25, 0.3) is 0 Å². The van der Waals surface area contributed by atoms with Gasteiger partial charge in [-0.15, -0.1) is 0 Å². The largest absolute Gasteiger partial charge is 0.373 e. The molecule has 0 aromatic carbocycles. The minimum Gasteiger partial charge on any atom is -0.373 e. The molecule has 2 rings (SSSR count). The van der Waals surface area contributed by atoms with E-state index in [-0.39, 0.29) is 0 Å². The van der Waals surface area contributed by atoms with E-state index < -0.39 is 0 Å². The van der Waals surface area contributed by atoms with Crippen LogP contribution in [0, 0.1) is 0 Å². The number of pyridine rings is 1. The van der Waals surface area contributed by atoms with Crippen molar-refractivity contribution in [2.45, 2.75) is 38.6 Å². The standard InChI is InChI=1S/C13H21N3/c1-3-4-9-16(11-5-6-11)12-7-8-15-13(10-12)14-2/h7-8,10-11H,3-6,9H2,1-2H3,(H,14,15). The molecule has 1 fully saturated rings. The van der Waals surface area contributed by atoms with Crippen LogP contribution >= 0.6 is 0 Å². The first-order valence-electron chi connectivity index (χ1n) is 6.25. The fraction of sp³-hybridized carbons (Fsp3) is 0.615. The lowest BCUT2D eigenvalue weighted by Gasteiger charge is -2.24. The summed E-state index contributed by atoms with van der Waals surface area (Å²) in [5, 5.41) is 3.10. The summed E-state index contributed by atoms with van der Waals surface area (Å²) in [5.41, 5.74) is 1.32. The molecule has 0 radical (unpaired) electrons. The summed E-state index contributed by atoms with van der Waals surface area (Å²) in [4.78, 5) is 6.80. The van der Waals surface area contributed by atoms with E-state index in [1.54, 1.807) is 0 Å². The van der Waals surface area contributed by atoms with Gasteiger partial charge in [0.15, 0.2) is 0 Å². The molecule has 1 aliphatic rings. The second kappa shape index (κ2) is 5.19. The Balaban J connectivity index is 2.10. The Morgan fingerprint density at radius 3 is 2.94 bits per heavy atom. The highest BCUT2D eigenvalue weighted by Gasteiger charge is 2.28. The molecule has 0 saturated heterocycles. The van der Waals surface area contributed by atoms with Gasteiger partial charge in [0, 0.05) is 37.6 Å². The van der Waals surface area contributed by atoms with E-state index in [1.807, 2.05) is 13.2 Å². The minimum atomic E-state index is 0.777. The van der Waals surface area contributed by atoms with Gasteiger partial charge in [-0.05, 0) is 25.3 Å². The van der Waals surface area contributed by atoms with Crippen LogP contribution in [0.1, 0.15) is 32.6 Å². The molecule has 1 aromatic rings. The fourth-order valence-electron chi connectivity index (χ4n) is 1.97. The van der Waals surface area contributed by atoms with Crippen molar-refractivity contribution in [3.8, 4) is 0 Å². The number of nitrogens with one attached hydrogen (secondary N) is 1. The molecule has 3 heteroatoms. The van der Waals surface area contributed by atoms with Crippen molar-refractivity contribution in [1.82, 2.24) is 4.98 Å². The summed E-state index contributed by atoms with van der Waals surface area (Å²) < 4.78 is 0. The number of hydrogen-bond acceptors (Lipinski definition) is 3. The van der Waals surface area contributed by atoms with Crippen LogP contribution in [0.5, 0.6) is 0 Å². The van der Waals surface area contributed by atoms with Gasteiger partial charge < -0.3 is 10.2 Å². The van der Waals surface area contributed by atoms with Crippen molar-refractivity contribution in [1.29, 1.82) is 0 Å². The predicted octanol–water partition coefficient (Wildman–Crippen LogP) is 2.89. The third-order valence-electron chi connectivity index (χ3n) is 3.07. The zero-order valence-electron chi connectivity index (χ0n) is 10.2. The highest BCUT2D eigenvalue weighted by atomic mass is 15.2. The lowest BCUT2D eigenvalue weighted by molar-refractivity contribution is 0.713. The molecular formula is C13H21N3. The number of unbranched alkanes of at least 4 members (excludes halogenated alkanes) is 1. The van der Waals surface area contributed by atoms with Gasteiger partial charge in [-0.25, -0.2) is 4.98 Å². The maximum absolute atomic E-state index is 4.26. The Morgan fingerprint density at radius 1 is 1.50 bits per heavy atom. The second-order valence-electron chi connectivity index (χ2n) is 4.43. The lowest BCUT2D eigenvalue weighted by atomic mass is 10.2. The fourth-order valence-corrected chi connectivity index (χ4v) is 1.97. The first-order chi connectivity index (χ1) is 7.85. The molecule has 1 aromatic heterocycles. The molecule has 3 nitrogen and oxygen atoms in total. The molecule has 0 bridgehead atoms. The van der Waals surface area contributed by atoms with Crippen molar-refractivity contribution in [2.75, 3.05) is 23.8 Å². The van der Waals surface area contributed by atoms with Crippen LogP contribution in [0.15, 0.2) is 18.3 Å². The Kier molecular flexibility index (Phi) is 3.65. The van der Waals surface area contributed by atoms with E-state index in [4.69, 9.17) is 0 Å². The van der Waals surface area contributed by atoms with Crippen molar-refractivity contribution in [3.05, 3.63) is 18.3 Å². The number of rotatable bonds is 6. The van der Waals surface area contributed by atoms with Crippen LogP contribution in [0.3, 0.4) is 0 Å². The van der Waals surface area contributed by atoms with Gasteiger partial charge in [-0.2, -0.15) is 0 Å².